The monoisotopic (exact) mass is 216 g/mol. The van der Waals surface area contributed by atoms with Crippen molar-refractivity contribution in [3.8, 4) is 17.0 Å². The minimum absolute atomic E-state index is 0.590. The van der Waals surface area contributed by atoms with Gasteiger partial charge in [0, 0.05) is 12.6 Å². The molecule has 1 aromatic carbocycles. The normalized spacial score (nSPS) is 10.1. The molecule has 0 spiro atoms. The molecule has 0 bridgehead atoms. The summed E-state index contributed by atoms with van der Waals surface area (Å²) in [4.78, 5) is 10.9. The molecule has 0 aliphatic rings. The highest BCUT2D eigenvalue weighted by molar-refractivity contribution is 5.85. The molecule has 0 saturated heterocycles. The molecule has 1 aromatic heterocycles. The van der Waals surface area contributed by atoms with Crippen molar-refractivity contribution in [2.45, 2.75) is 0 Å². The molecule has 4 nitrogen and oxygen atoms in total. The van der Waals surface area contributed by atoms with Crippen LogP contribution < -0.4 is 4.74 Å². The van der Waals surface area contributed by atoms with Gasteiger partial charge in [-0.15, -0.1) is 0 Å². The molecule has 0 fully saturated rings. The van der Waals surface area contributed by atoms with Crippen molar-refractivity contribution in [3.63, 3.8) is 0 Å². The fraction of sp³-hybridized carbons (Fsp3) is 0.167. The second kappa shape index (κ2) is 4.18. The molecule has 0 aliphatic carbocycles. The quantitative estimate of drug-likeness (QED) is 0.736. The van der Waals surface area contributed by atoms with E-state index in [1.165, 1.54) is 0 Å². The van der Waals surface area contributed by atoms with Crippen molar-refractivity contribution in [2.24, 2.45) is 7.05 Å². The van der Waals surface area contributed by atoms with E-state index in [1.54, 1.807) is 18.0 Å². The van der Waals surface area contributed by atoms with Gasteiger partial charge in [0.15, 0.2) is 6.29 Å². The molecule has 2 rings (SSSR count). The highest BCUT2D eigenvalue weighted by Crippen LogP contribution is 2.24. The first-order chi connectivity index (χ1) is 7.76. The van der Waals surface area contributed by atoms with E-state index in [-0.39, 0.29) is 0 Å². The van der Waals surface area contributed by atoms with Crippen molar-refractivity contribution >= 4 is 6.29 Å². The first-order valence-corrected chi connectivity index (χ1v) is 4.88. The Bertz CT molecular complexity index is 500. The number of hydrogen-bond acceptors (Lipinski definition) is 3. The van der Waals surface area contributed by atoms with Gasteiger partial charge in [0.2, 0.25) is 0 Å². The van der Waals surface area contributed by atoms with E-state index in [4.69, 9.17) is 4.74 Å². The van der Waals surface area contributed by atoms with Crippen LogP contribution >= 0.6 is 0 Å². The van der Waals surface area contributed by atoms with E-state index in [1.807, 2.05) is 31.3 Å². The van der Waals surface area contributed by atoms with Gasteiger partial charge in [0.1, 0.15) is 5.75 Å². The van der Waals surface area contributed by atoms with Gasteiger partial charge in [0.25, 0.3) is 0 Å². The smallest absolute Gasteiger partial charge is 0.153 e. The first kappa shape index (κ1) is 10.4. The molecule has 0 radical (unpaired) electrons. The van der Waals surface area contributed by atoms with Gasteiger partial charge in [-0.3, -0.25) is 9.48 Å². The van der Waals surface area contributed by atoms with Crippen LogP contribution in [0.4, 0.5) is 0 Å². The second-order valence-corrected chi connectivity index (χ2v) is 3.42. The van der Waals surface area contributed by atoms with Crippen LogP contribution in [0.3, 0.4) is 0 Å². The predicted octanol–water partition coefficient (Wildman–Crippen LogP) is 1.91. The topological polar surface area (TPSA) is 44.1 Å². The van der Waals surface area contributed by atoms with Crippen LogP contribution in [0.25, 0.3) is 11.3 Å². The van der Waals surface area contributed by atoms with Gasteiger partial charge >= 0.3 is 0 Å². The number of aromatic nitrogens is 2. The number of hydrogen-bond donors (Lipinski definition) is 0. The third-order valence-electron chi connectivity index (χ3n) is 2.46. The molecule has 0 unspecified atom stereocenters. The Labute approximate surface area is 93.5 Å². The molecule has 1 heterocycles. The Hall–Kier alpha value is -2.10. The van der Waals surface area contributed by atoms with Crippen LogP contribution in [0.15, 0.2) is 30.5 Å². The van der Waals surface area contributed by atoms with Gasteiger partial charge in [-0.2, -0.15) is 5.10 Å². The summed E-state index contributed by atoms with van der Waals surface area (Å²) in [5.41, 5.74) is 2.35. The summed E-state index contributed by atoms with van der Waals surface area (Å²) in [7, 11) is 3.43. The van der Waals surface area contributed by atoms with Crippen molar-refractivity contribution in [1.82, 2.24) is 9.78 Å². The molecular formula is C12H12N2O2. The zero-order valence-electron chi connectivity index (χ0n) is 9.18. The van der Waals surface area contributed by atoms with E-state index in [2.05, 4.69) is 5.10 Å². The van der Waals surface area contributed by atoms with Crippen molar-refractivity contribution in [2.75, 3.05) is 7.11 Å². The minimum Gasteiger partial charge on any atom is -0.497 e. The molecule has 0 aliphatic heterocycles. The molecular weight excluding hydrogens is 204 g/mol. The summed E-state index contributed by atoms with van der Waals surface area (Å²) in [6, 6.07) is 7.53. The van der Waals surface area contributed by atoms with Crippen LogP contribution in [0.5, 0.6) is 5.75 Å². The lowest BCUT2D eigenvalue weighted by Gasteiger charge is -2.04. The lowest BCUT2D eigenvalue weighted by atomic mass is 10.1. The lowest BCUT2D eigenvalue weighted by molar-refractivity contribution is 0.112. The third kappa shape index (κ3) is 1.69. The van der Waals surface area contributed by atoms with Gasteiger partial charge in [-0.05, 0) is 24.3 Å². The van der Waals surface area contributed by atoms with Crippen molar-refractivity contribution in [3.05, 3.63) is 36.0 Å². The van der Waals surface area contributed by atoms with Crippen LogP contribution in [-0.2, 0) is 7.05 Å². The van der Waals surface area contributed by atoms with E-state index in [9.17, 15) is 4.79 Å². The average Bonchev–Trinajstić information content (AvgIpc) is 2.70. The number of carbonyl (C=O) groups is 1. The maximum atomic E-state index is 10.9. The number of benzene rings is 1. The highest BCUT2D eigenvalue weighted by Gasteiger charge is 2.09. The van der Waals surface area contributed by atoms with E-state index >= 15 is 0 Å². The van der Waals surface area contributed by atoms with Crippen molar-refractivity contribution < 1.29 is 9.53 Å². The Morgan fingerprint density at radius 2 is 2.00 bits per heavy atom. The molecule has 0 amide bonds. The summed E-state index contributed by atoms with van der Waals surface area (Å²) in [5.74, 6) is 0.790. The minimum atomic E-state index is 0.590. The molecule has 0 atom stereocenters. The van der Waals surface area contributed by atoms with E-state index < -0.39 is 0 Å². The highest BCUT2D eigenvalue weighted by atomic mass is 16.5. The van der Waals surface area contributed by atoms with Crippen LogP contribution in [0.1, 0.15) is 10.4 Å². The van der Waals surface area contributed by atoms with E-state index in [0.29, 0.717) is 5.56 Å². The molecule has 4 heteroatoms. The number of aldehydes is 1. The third-order valence-corrected chi connectivity index (χ3v) is 2.46. The fourth-order valence-corrected chi connectivity index (χ4v) is 1.64. The van der Waals surface area contributed by atoms with Gasteiger partial charge in [0.05, 0.1) is 24.6 Å². The lowest BCUT2D eigenvalue weighted by Crippen LogP contribution is -1.95. The van der Waals surface area contributed by atoms with Crippen LogP contribution in [-0.4, -0.2) is 23.2 Å². The maximum absolute atomic E-state index is 10.9. The van der Waals surface area contributed by atoms with Crippen molar-refractivity contribution in [1.29, 1.82) is 0 Å². The number of aryl methyl sites for hydroxylation is 1. The Kier molecular flexibility index (Phi) is 2.72. The molecule has 0 saturated carbocycles. The Morgan fingerprint density at radius 1 is 1.31 bits per heavy atom. The van der Waals surface area contributed by atoms with Crippen LogP contribution in [0, 0.1) is 0 Å². The number of methoxy groups -OCH3 is 1. The number of rotatable bonds is 3. The number of nitrogens with zero attached hydrogens (tertiary/aromatic N) is 2. The van der Waals surface area contributed by atoms with Gasteiger partial charge in [-0.25, -0.2) is 0 Å². The van der Waals surface area contributed by atoms with Crippen LogP contribution in [0.2, 0.25) is 0 Å². The second-order valence-electron chi connectivity index (χ2n) is 3.42. The molecule has 16 heavy (non-hydrogen) atoms. The summed E-state index contributed by atoms with van der Waals surface area (Å²) >= 11 is 0. The fourth-order valence-electron chi connectivity index (χ4n) is 1.64. The first-order valence-electron chi connectivity index (χ1n) is 4.88. The Morgan fingerprint density at radius 3 is 2.56 bits per heavy atom. The SMILES string of the molecule is COc1ccc(-c2c(C=O)cnn2C)cc1. The van der Waals surface area contributed by atoms with Gasteiger partial charge < -0.3 is 4.74 Å². The summed E-state index contributed by atoms with van der Waals surface area (Å²) in [6.45, 7) is 0. The average molecular weight is 216 g/mol. The zero-order valence-corrected chi connectivity index (χ0v) is 9.18. The molecule has 82 valence electrons. The number of ether oxygens (including phenoxy) is 1. The maximum Gasteiger partial charge on any atom is 0.153 e. The predicted molar refractivity (Wildman–Crippen MR) is 60.6 cm³/mol. The molecule has 0 N–H and O–H groups in total. The zero-order chi connectivity index (χ0) is 11.5. The van der Waals surface area contributed by atoms with E-state index in [0.717, 1.165) is 23.3 Å². The number of carbonyl (C=O) groups excluding carboxylic acids is 1. The Balaban J connectivity index is 2.49. The summed E-state index contributed by atoms with van der Waals surface area (Å²) < 4.78 is 6.77. The summed E-state index contributed by atoms with van der Waals surface area (Å²) in [6.07, 6.45) is 2.37. The standard InChI is InChI=1S/C12H12N2O2/c1-14-12(10(8-15)7-13-14)9-3-5-11(16-2)6-4-9/h3-8H,1-2H3. The molecule has 2 aromatic rings. The largest absolute Gasteiger partial charge is 0.497 e. The van der Waals surface area contributed by atoms with Gasteiger partial charge in [-0.1, -0.05) is 0 Å². The summed E-state index contributed by atoms with van der Waals surface area (Å²) in [5, 5.41) is 4.06.